The minimum Gasteiger partial charge on any atom is -0.380 e. The first-order chi connectivity index (χ1) is 9.06. The van der Waals surface area contributed by atoms with E-state index in [1.165, 1.54) is 12.1 Å². The number of nitrogens with one attached hydrogen (secondary N) is 1. The molecule has 1 heterocycles. The Bertz CT molecular complexity index is 556. The maximum absolute atomic E-state index is 12.4. The van der Waals surface area contributed by atoms with Crippen molar-refractivity contribution in [2.24, 2.45) is 0 Å². The van der Waals surface area contributed by atoms with Crippen LogP contribution in [0.1, 0.15) is 23.2 Å². The van der Waals surface area contributed by atoms with Crippen LogP contribution in [-0.4, -0.2) is 4.98 Å². The highest BCUT2D eigenvalue weighted by Crippen LogP contribution is 2.20. The van der Waals surface area contributed by atoms with Crippen LogP contribution in [-0.2, 0) is 6.54 Å². The van der Waals surface area contributed by atoms with E-state index in [9.17, 15) is 8.78 Å². The maximum Gasteiger partial charge on any atom is 0.263 e. The van der Waals surface area contributed by atoms with Crippen LogP contribution in [0.3, 0.4) is 0 Å². The van der Waals surface area contributed by atoms with Crippen molar-refractivity contribution in [3.8, 4) is 0 Å². The summed E-state index contributed by atoms with van der Waals surface area (Å²) in [6, 6.07) is 9.80. The summed E-state index contributed by atoms with van der Waals surface area (Å²) in [5.74, 6) is 0. The van der Waals surface area contributed by atoms with Gasteiger partial charge in [-0.3, -0.25) is 0 Å². The second-order valence-corrected chi connectivity index (χ2v) is 4.55. The normalized spacial score (nSPS) is 10.8. The molecule has 0 unspecified atom stereocenters. The molecule has 0 radical (unpaired) electrons. The van der Waals surface area contributed by atoms with E-state index in [0.29, 0.717) is 11.7 Å². The topological polar surface area (TPSA) is 24.9 Å². The minimum absolute atomic E-state index is 0.0353. The van der Waals surface area contributed by atoms with E-state index >= 15 is 0 Å². The summed E-state index contributed by atoms with van der Waals surface area (Å²) in [6.45, 7) is 2.40. The summed E-state index contributed by atoms with van der Waals surface area (Å²) in [7, 11) is 0. The number of halogens is 3. The van der Waals surface area contributed by atoms with Crippen LogP contribution in [0.2, 0.25) is 5.15 Å². The van der Waals surface area contributed by atoms with E-state index < -0.39 is 6.43 Å². The molecule has 100 valence electrons. The molecule has 0 aliphatic carbocycles. The monoisotopic (exact) mass is 282 g/mol. The predicted molar refractivity (Wildman–Crippen MR) is 72.7 cm³/mol. The highest BCUT2D eigenvalue weighted by Gasteiger charge is 2.06. The van der Waals surface area contributed by atoms with Crippen LogP contribution in [0.5, 0.6) is 0 Å². The zero-order chi connectivity index (χ0) is 13.8. The van der Waals surface area contributed by atoms with Gasteiger partial charge >= 0.3 is 0 Å². The molecule has 19 heavy (non-hydrogen) atoms. The van der Waals surface area contributed by atoms with Gasteiger partial charge in [0.25, 0.3) is 6.43 Å². The van der Waals surface area contributed by atoms with Crippen LogP contribution in [0.4, 0.5) is 14.5 Å². The Morgan fingerprint density at radius 1 is 1.16 bits per heavy atom. The lowest BCUT2D eigenvalue weighted by Crippen LogP contribution is -2.02. The molecule has 1 N–H and O–H groups in total. The molecule has 0 fully saturated rings. The molecule has 0 bridgehead atoms. The highest BCUT2D eigenvalue weighted by atomic mass is 35.5. The molecule has 2 nitrogen and oxygen atoms in total. The summed E-state index contributed by atoms with van der Waals surface area (Å²) in [6.07, 6.45) is -2.43. The summed E-state index contributed by atoms with van der Waals surface area (Å²) >= 11 is 5.77. The third kappa shape index (κ3) is 3.64. The first kappa shape index (κ1) is 13.7. The van der Waals surface area contributed by atoms with Gasteiger partial charge in [0.1, 0.15) is 5.15 Å². The Labute approximate surface area is 115 Å². The molecule has 0 aliphatic rings. The number of rotatable bonds is 4. The Hall–Kier alpha value is -1.68. The van der Waals surface area contributed by atoms with Crippen LogP contribution >= 0.6 is 11.6 Å². The average molecular weight is 283 g/mol. The van der Waals surface area contributed by atoms with Crippen molar-refractivity contribution in [3.05, 3.63) is 58.4 Å². The maximum atomic E-state index is 12.4. The SMILES string of the molecule is Cc1nc(Cl)ccc1NCc1ccc(C(F)F)cc1. The Kier molecular flexibility index (Phi) is 4.32. The van der Waals surface area contributed by atoms with E-state index in [1.54, 1.807) is 18.2 Å². The van der Waals surface area contributed by atoms with Gasteiger partial charge in [-0.2, -0.15) is 0 Å². The molecule has 1 aromatic carbocycles. The zero-order valence-corrected chi connectivity index (χ0v) is 11.1. The fourth-order valence-electron chi connectivity index (χ4n) is 1.70. The third-order valence-corrected chi connectivity index (χ3v) is 2.98. The number of nitrogens with zero attached hydrogens (tertiary/aromatic N) is 1. The summed E-state index contributed by atoms with van der Waals surface area (Å²) in [4.78, 5) is 4.13. The van der Waals surface area contributed by atoms with Crippen molar-refractivity contribution in [3.63, 3.8) is 0 Å². The van der Waals surface area contributed by atoms with Crippen LogP contribution < -0.4 is 5.32 Å². The number of anilines is 1. The Balaban J connectivity index is 2.02. The molecule has 0 aliphatic heterocycles. The third-order valence-electron chi connectivity index (χ3n) is 2.77. The van der Waals surface area contributed by atoms with Crippen molar-refractivity contribution in [1.29, 1.82) is 0 Å². The lowest BCUT2D eigenvalue weighted by atomic mass is 10.1. The Morgan fingerprint density at radius 2 is 1.84 bits per heavy atom. The standard InChI is InChI=1S/C14H13ClF2N2/c1-9-12(6-7-13(15)19-9)18-8-10-2-4-11(5-3-10)14(16)17/h2-7,14,18H,8H2,1H3. The van der Waals surface area contributed by atoms with Gasteiger partial charge in [-0.15, -0.1) is 0 Å². The second-order valence-electron chi connectivity index (χ2n) is 4.16. The van der Waals surface area contributed by atoms with Gasteiger partial charge < -0.3 is 5.32 Å². The number of hydrogen-bond donors (Lipinski definition) is 1. The zero-order valence-electron chi connectivity index (χ0n) is 10.3. The predicted octanol–water partition coefficient (Wildman–Crippen LogP) is 4.59. The highest BCUT2D eigenvalue weighted by molar-refractivity contribution is 6.29. The quantitative estimate of drug-likeness (QED) is 0.830. The summed E-state index contributed by atoms with van der Waals surface area (Å²) in [5.41, 5.74) is 2.64. The number of aryl methyl sites for hydroxylation is 1. The molecule has 5 heteroatoms. The first-order valence-electron chi connectivity index (χ1n) is 5.80. The van der Waals surface area contributed by atoms with Crippen LogP contribution in [0.15, 0.2) is 36.4 Å². The molecule has 0 spiro atoms. The van der Waals surface area contributed by atoms with E-state index in [4.69, 9.17) is 11.6 Å². The molecular formula is C14H13ClF2N2. The van der Waals surface area contributed by atoms with Crippen molar-refractivity contribution in [2.75, 3.05) is 5.32 Å². The molecule has 2 rings (SSSR count). The van der Waals surface area contributed by atoms with Crippen molar-refractivity contribution >= 4 is 17.3 Å². The van der Waals surface area contributed by atoms with Gasteiger partial charge in [0, 0.05) is 12.1 Å². The fraction of sp³-hybridized carbons (Fsp3) is 0.214. The van der Waals surface area contributed by atoms with E-state index in [1.807, 2.05) is 13.0 Å². The molecule has 0 atom stereocenters. The lowest BCUT2D eigenvalue weighted by Gasteiger charge is -2.09. The molecule has 0 amide bonds. The van der Waals surface area contributed by atoms with Gasteiger partial charge in [0.2, 0.25) is 0 Å². The van der Waals surface area contributed by atoms with E-state index in [2.05, 4.69) is 10.3 Å². The van der Waals surface area contributed by atoms with Gasteiger partial charge in [-0.25, -0.2) is 13.8 Å². The van der Waals surface area contributed by atoms with E-state index in [0.717, 1.165) is 16.9 Å². The molecular weight excluding hydrogens is 270 g/mol. The van der Waals surface area contributed by atoms with Crippen LogP contribution in [0.25, 0.3) is 0 Å². The van der Waals surface area contributed by atoms with Crippen molar-refractivity contribution < 1.29 is 8.78 Å². The van der Waals surface area contributed by atoms with Crippen molar-refractivity contribution in [2.45, 2.75) is 19.9 Å². The number of hydrogen-bond acceptors (Lipinski definition) is 2. The minimum atomic E-state index is -2.43. The average Bonchev–Trinajstić information content (AvgIpc) is 2.38. The van der Waals surface area contributed by atoms with Gasteiger partial charge in [-0.1, -0.05) is 35.9 Å². The van der Waals surface area contributed by atoms with Gasteiger partial charge in [0.05, 0.1) is 11.4 Å². The van der Waals surface area contributed by atoms with Crippen molar-refractivity contribution in [1.82, 2.24) is 4.98 Å². The van der Waals surface area contributed by atoms with Gasteiger partial charge in [-0.05, 0) is 24.6 Å². The summed E-state index contributed by atoms with van der Waals surface area (Å²) in [5, 5.41) is 3.64. The van der Waals surface area contributed by atoms with E-state index in [-0.39, 0.29) is 5.56 Å². The van der Waals surface area contributed by atoms with Gasteiger partial charge in [0.15, 0.2) is 0 Å². The number of benzene rings is 1. The molecule has 1 aromatic heterocycles. The first-order valence-corrected chi connectivity index (χ1v) is 6.18. The summed E-state index contributed by atoms with van der Waals surface area (Å²) < 4.78 is 24.8. The molecule has 0 saturated carbocycles. The number of pyridine rings is 1. The number of aromatic nitrogens is 1. The second kappa shape index (κ2) is 5.97. The number of alkyl halides is 2. The lowest BCUT2D eigenvalue weighted by molar-refractivity contribution is 0.151. The van der Waals surface area contributed by atoms with Crippen LogP contribution in [0, 0.1) is 6.92 Å². The fourth-order valence-corrected chi connectivity index (χ4v) is 1.89. The largest absolute Gasteiger partial charge is 0.380 e. The Morgan fingerprint density at radius 3 is 2.42 bits per heavy atom. The molecule has 0 saturated heterocycles. The smallest absolute Gasteiger partial charge is 0.263 e. The molecule has 2 aromatic rings.